The monoisotopic (exact) mass is 222 g/mol. The van der Waals surface area contributed by atoms with Crippen molar-refractivity contribution < 1.29 is 13.9 Å². The van der Waals surface area contributed by atoms with Gasteiger partial charge in [0, 0.05) is 0 Å². The van der Waals surface area contributed by atoms with Crippen LogP contribution < -0.4 is 0 Å². The molecule has 2 atom stereocenters. The number of halogens is 1. The van der Waals surface area contributed by atoms with Gasteiger partial charge in [0.25, 0.3) is 0 Å². The average Bonchev–Trinajstić information content (AvgIpc) is 2.26. The highest BCUT2D eigenvalue weighted by Crippen LogP contribution is 2.42. The quantitative estimate of drug-likeness (QED) is 0.735. The van der Waals surface area contributed by atoms with E-state index in [0.29, 0.717) is 12.8 Å². The zero-order valence-electron chi connectivity index (χ0n) is 9.28. The third kappa shape index (κ3) is 2.23. The lowest BCUT2D eigenvalue weighted by Gasteiger charge is -2.38. The molecule has 0 heterocycles. The normalized spacial score (nSPS) is 28.2. The molecule has 1 aliphatic rings. The predicted octanol–water partition coefficient (Wildman–Crippen LogP) is 2.87. The van der Waals surface area contributed by atoms with Crippen LogP contribution in [0.15, 0.2) is 30.3 Å². The number of carbonyl (C=O) groups excluding carboxylic acids is 1. The zero-order chi connectivity index (χ0) is 11.6. The van der Waals surface area contributed by atoms with Gasteiger partial charge in [-0.15, -0.1) is 0 Å². The van der Waals surface area contributed by atoms with E-state index in [-0.39, 0.29) is 6.61 Å². The van der Waals surface area contributed by atoms with Crippen LogP contribution in [0.25, 0.3) is 0 Å². The smallest absolute Gasteiger partial charge is 0.312 e. The van der Waals surface area contributed by atoms with Crippen LogP contribution in [0.2, 0.25) is 0 Å². The van der Waals surface area contributed by atoms with Gasteiger partial charge in [-0.25, -0.2) is 4.39 Å². The van der Waals surface area contributed by atoms with Gasteiger partial charge in [0.05, 0.1) is 5.92 Å². The first kappa shape index (κ1) is 11.1. The van der Waals surface area contributed by atoms with E-state index in [1.54, 1.807) is 0 Å². The second-order valence-electron chi connectivity index (χ2n) is 4.46. The van der Waals surface area contributed by atoms with Crippen molar-refractivity contribution in [1.82, 2.24) is 0 Å². The summed E-state index contributed by atoms with van der Waals surface area (Å²) >= 11 is 0. The summed E-state index contributed by atoms with van der Waals surface area (Å²) in [5.74, 6) is -0.990. The van der Waals surface area contributed by atoms with E-state index in [9.17, 15) is 9.18 Å². The molecular weight excluding hydrogens is 207 g/mol. The highest BCUT2D eigenvalue weighted by atomic mass is 19.1. The Morgan fingerprint density at radius 1 is 1.50 bits per heavy atom. The highest BCUT2D eigenvalue weighted by molar-refractivity contribution is 5.75. The van der Waals surface area contributed by atoms with E-state index >= 15 is 0 Å². The van der Waals surface area contributed by atoms with Crippen molar-refractivity contribution in [1.29, 1.82) is 0 Å². The third-order valence-corrected chi connectivity index (χ3v) is 3.16. The number of carbonyl (C=O) groups is 1. The molecule has 0 bridgehead atoms. The first-order valence-corrected chi connectivity index (χ1v) is 5.49. The maximum Gasteiger partial charge on any atom is 0.312 e. The highest BCUT2D eigenvalue weighted by Gasteiger charge is 2.48. The summed E-state index contributed by atoms with van der Waals surface area (Å²) in [5, 5.41) is 0. The Kier molecular flexibility index (Phi) is 2.95. The van der Waals surface area contributed by atoms with Crippen LogP contribution >= 0.6 is 0 Å². The molecule has 1 aliphatic carbocycles. The molecule has 16 heavy (non-hydrogen) atoms. The van der Waals surface area contributed by atoms with Crippen molar-refractivity contribution in [3.63, 3.8) is 0 Å². The number of benzene rings is 1. The Bertz CT molecular complexity index is 373. The Labute approximate surface area is 94.4 Å². The molecule has 3 heteroatoms. The number of hydrogen-bond acceptors (Lipinski definition) is 2. The molecule has 1 aromatic carbocycles. The minimum absolute atomic E-state index is 0.228. The molecule has 0 N–H and O–H groups in total. The van der Waals surface area contributed by atoms with Gasteiger partial charge in [0.2, 0.25) is 0 Å². The van der Waals surface area contributed by atoms with Crippen LogP contribution in [0.3, 0.4) is 0 Å². The van der Waals surface area contributed by atoms with E-state index in [1.807, 2.05) is 30.3 Å². The van der Waals surface area contributed by atoms with E-state index in [0.717, 1.165) is 5.56 Å². The second-order valence-corrected chi connectivity index (χ2v) is 4.46. The summed E-state index contributed by atoms with van der Waals surface area (Å²) in [4.78, 5) is 11.6. The Hall–Kier alpha value is -1.38. The standard InChI is InChI=1S/C13H15FO2/c1-13(14)8-7-11(13)12(15)16-9-10-5-3-2-4-6-10/h2-6,11H,7-9H2,1H3. The fraction of sp³-hybridized carbons (Fsp3) is 0.462. The fourth-order valence-corrected chi connectivity index (χ4v) is 1.88. The van der Waals surface area contributed by atoms with Gasteiger partial charge in [-0.1, -0.05) is 30.3 Å². The van der Waals surface area contributed by atoms with Crippen LogP contribution in [0.1, 0.15) is 25.3 Å². The van der Waals surface area contributed by atoms with Crippen LogP contribution in [0.4, 0.5) is 4.39 Å². The van der Waals surface area contributed by atoms with Crippen molar-refractivity contribution in [3.05, 3.63) is 35.9 Å². The van der Waals surface area contributed by atoms with Gasteiger partial charge in [-0.2, -0.15) is 0 Å². The largest absolute Gasteiger partial charge is 0.461 e. The van der Waals surface area contributed by atoms with Crippen molar-refractivity contribution in [2.75, 3.05) is 0 Å². The van der Waals surface area contributed by atoms with Gasteiger partial charge < -0.3 is 4.74 Å². The van der Waals surface area contributed by atoms with Gasteiger partial charge in [0.1, 0.15) is 12.3 Å². The molecular formula is C13H15FO2. The van der Waals surface area contributed by atoms with Crippen LogP contribution in [-0.2, 0) is 16.1 Å². The molecule has 0 spiro atoms. The van der Waals surface area contributed by atoms with Crippen LogP contribution in [0.5, 0.6) is 0 Å². The minimum Gasteiger partial charge on any atom is -0.461 e. The molecule has 86 valence electrons. The van der Waals surface area contributed by atoms with Crippen molar-refractivity contribution >= 4 is 5.97 Å². The predicted molar refractivity (Wildman–Crippen MR) is 58.5 cm³/mol. The molecule has 0 saturated heterocycles. The van der Waals surface area contributed by atoms with Crippen molar-refractivity contribution in [2.45, 2.75) is 32.0 Å². The lowest BCUT2D eigenvalue weighted by molar-refractivity contribution is -0.163. The maximum atomic E-state index is 13.5. The van der Waals surface area contributed by atoms with Crippen LogP contribution in [0, 0.1) is 5.92 Å². The molecule has 1 fully saturated rings. The third-order valence-electron chi connectivity index (χ3n) is 3.16. The summed E-state index contributed by atoms with van der Waals surface area (Å²) < 4.78 is 18.6. The molecule has 2 unspecified atom stereocenters. The number of ether oxygens (including phenoxy) is 1. The summed E-state index contributed by atoms with van der Waals surface area (Å²) in [5.41, 5.74) is -0.441. The summed E-state index contributed by atoms with van der Waals surface area (Å²) in [6, 6.07) is 9.42. The number of alkyl halides is 1. The van der Waals surface area contributed by atoms with Gasteiger partial charge in [0.15, 0.2) is 0 Å². The molecule has 2 rings (SSSR count). The zero-order valence-corrected chi connectivity index (χ0v) is 9.28. The number of esters is 1. The second kappa shape index (κ2) is 4.24. The van der Waals surface area contributed by atoms with Gasteiger partial charge in [-0.05, 0) is 25.3 Å². The Morgan fingerprint density at radius 3 is 2.69 bits per heavy atom. The molecule has 0 aliphatic heterocycles. The number of rotatable bonds is 3. The first-order chi connectivity index (χ1) is 7.59. The summed E-state index contributed by atoms with van der Waals surface area (Å²) in [7, 11) is 0. The Balaban J connectivity index is 1.85. The van der Waals surface area contributed by atoms with E-state index in [4.69, 9.17) is 4.74 Å². The molecule has 0 radical (unpaired) electrons. The van der Waals surface area contributed by atoms with E-state index < -0.39 is 17.6 Å². The SMILES string of the molecule is CC1(F)CCC1C(=O)OCc1ccccc1. The maximum absolute atomic E-state index is 13.5. The molecule has 1 saturated carbocycles. The topological polar surface area (TPSA) is 26.3 Å². The lowest BCUT2D eigenvalue weighted by atomic mass is 9.72. The fourth-order valence-electron chi connectivity index (χ4n) is 1.88. The first-order valence-electron chi connectivity index (χ1n) is 5.49. The minimum atomic E-state index is -1.37. The number of hydrogen-bond donors (Lipinski definition) is 0. The summed E-state index contributed by atoms with van der Waals surface area (Å²) in [6.45, 7) is 1.69. The van der Waals surface area contributed by atoms with Crippen molar-refractivity contribution in [3.8, 4) is 0 Å². The van der Waals surface area contributed by atoms with E-state index in [2.05, 4.69) is 0 Å². The molecule has 2 nitrogen and oxygen atoms in total. The van der Waals surface area contributed by atoms with Gasteiger partial charge >= 0.3 is 5.97 Å². The van der Waals surface area contributed by atoms with Gasteiger partial charge in [-0.3, -0.25) is 4.79 Å². The molecule has 1 aromatic rings. The van der Waals surface area contributed by atoms with E-state index in [1.165, 1.54) is 6.92 Å². The van der Waals surface area contributed by atoms with Crippen molar-refractivity contribution in [2.24, 2.45) is 5.92 Å². The summed E-state index contributed by atoms with van der Waals surface area (Å²) in [6.07, 6.45) is 1.05. The Morgan fingerprint density at radius 2 is 2.19 bits per heavy atom. The van der Waals surface area contributed by atoms with Crippen LogP contribution in [-0.4, -0.2) is 11.6 Å². The lowest BCUT2D eigenvalue weighted by Crippen LogP contribution is -2.45. The average molecular weight is 222 g/mol. The molecule has 0 aromatic heterocycles. The molecule has 0 amide bonds.